The van der Waals surface area contributed by atoms with E-state index in [1.807, 2.05) is 16.7 Å². The monoisotopic (exact) mass is 266 g/mol. The fourth-order valence-corrected chi connectivity index (χ4v) is 3.05. The van der Waals surface area contributed by atoms with Crippen LogP contribution in [0.25, 0.3) is 0 Å². The second-order valence-corrected chi connectivity index (χ2v) is 5.85. The molecule has 1 amide bonds. The van der Waals surface area contributed by atoms with Gasteiger partial charge in [0.25, 0.3) is 5.91 Å². The van der Waals surface area contributed by atoms with Gasteiger partial charge in [0.15, 0.2) is 5.69 Å². The molecule has 6 heteroatoms. The maximum absolute atomic E-state index is 12.3. The molecule has 1 N–H and O–H groups in total. The fraction of sp³-hybridized carbons (Fsp3) is 0.583. The van der Waals surface area contributed by atoms with E-state index in [9.17, 15) is 4.79 Å². The van der Waals surface area contributed by atoms with Gasteiger partial charge in [0.2, 0.25) is 0 Å². The van der Waals surface area contributed by atoms with E-state index >= 15 is 0 Å². The second kappa shape index (κ2) is 5.56. The zero-order chi connectivity index (χ0) is 13.1. The van der Waals surface area contributed by atoms with Crippen LogP contribution in [0.5, 0.6) is 0 Å². The van der Waals surface area contributed by atoms with Crippen LogP contribution in [0.4, 0.5) is 5.82 Å². The lowest BCUT2D eigenvalue weighted by Crippen LogP contribution is -2.48. The van der Waals surface area contributed by atoms with Crippen molar-refractivity contribution in [1.29, 1.82) is 0 Å². The standard InChI is InChI=1S/C12H18N4OS/c1-8-9(2)18-7-6-16(8)12(17)10-4-5-11(13-3)15-14-10/h4-5,8-9H,6-7H2,1-3H3,(H,13,15). The maximum Gasteiger partial charge on any atom is 0.274 e. The van der Waals surface area contributed by atoms with Gasteiger partial charge >= 0.3 is 0 Å². The van der Waals surface area contributed by atoms with E-state index in [0.717, 1.165) is 12.3 Å². The predicted molar refractivity (Wildman–Crippen MR) is 74.0 cm³/mol. The summed E-state index contributed by atoms with van der Waals surface area (Å²) >= 11 is 1.91. The Bertz CT molecular complexity index is 423. The number of aromatic nitrogens is 2. The van der Waals surface area contributed by atoms with Gasteiger partial charge in [-0.1, -0.05) is 6.92 Å². The molecule has 98 valence electrons. The SMILES string of the molecule is CNc1ccc(C(=O)N2CCSC(C)C2C)nn1. The van der Waals surface area contributed by atoms with E-state index in [1.54, 1.807) is 19.2 Å². The fourth-order valence-electron chi connectivity index (χ4n) is 1.95. The van der Waals surface area contributed by atoms with Crippen molar-refractivity contribution in [2.75, 3.05) is 24.7 Å². The lowest BCUT2D eigenvalue weighted by Gasteiger charge is -2.37. The first-order chi connectivity index (χ1) is 8.63. The van der Waals surface area contributed by atoms with Crippen molar-refractivity contribution in [1.82, 2.24) is 15.1 Å². The van der Waals surface area contributed by atoms with Crippen LogP contribution in [0, 0.1) is 0 Å². The number of nitrogens with one attached hydrogen (secondary N) is 1. The van der Waals surface area contributed by atoms with Crippen molar-refractivity contribution in [3.63, 3.8) is 0 Å². The minimum absolute atomic E-state index is 0.0233. The molecule has 0 saturated carbocycles. The van der Waals surface area contributed by atoms with Gasteiger partial charge in [-0.3, -0.25) is 4.79 Å². The Balaban J connectivity index is 2.14. The summed E-state index contributed by atoms with van der Waals surface area (Å²) in [4.78, 5) is 14.2. The van der Waals surface area contributed by atoms with Gasteiger partial charge in [0.05, 0.1) is 0 Å². The maximum atomic E-state index is 12.3. The zero-order valence-corrected chi connectivity index (χ0v) is 11.7. The van der Waals surface area contributed by atoms with E-state index in [-0.39, 0.29) is 11.9 Å². The van der Waals surface area contributed by atoms with Crippen molar-refractivity contribution in [2.45, 2.75) is 25.1 Å². The molecule has 1 aliphatic rings. The van der Waals surface area contributed by atoms with Gasteiger partial charge in [-0.2, -0.15) is 11.8 Å². The van der Waals surface area contributed by atoms with E-state index in [2.05, 4.69) is 29.4 Å². The van der Waals surface area contributed by atoms with Crippen LogP contribution in [-0.4, -0.2) is 51.6 Å². The molecule has 1 aromatic rings. The molecule has 1 aliphatic heterocycles. The Morgan fingerprint density at radius 3 is 2.83 bits per heavy atom. The molecule has 18 heavy (non-hydrogen) atoms. The Labute approximate surface area is 111 Å². The number of hydrogen-bond donors (Lipinski definition) is 1. The molecule has 2 atom stereocenters. The van der Waals surface area contributed by atoms with Crippen LogP contribution in [-0.2, 0) is 0 Å². The highest BCUT2D eigenvalue weighted by Gasteiger charge is 2.30. The molecule has 5 nitrogen and oxygen atoms in total. The lowest BCUT2D eigenvalue weighted by atomic mass is 10.2. The molecule has 0 spiro atoms. The average Bonchev–Trinajstić information content (AvgIpc) is 2.41. The van der Waals surface area contributed by atoms with Gasteiger partial charge in [-0.25, -0.2) is 0 Å². The van der Waals surface area contributed by atoms with Crippen molar-refractivity contribution < 1.29 is 4.79 Å². The summed E-state index contributed by atoms with van der Waals surface area (Å²) in [6.45, 7) is 5.03. The molecule has 0 radical (unpaired) electrons. The molecule has 1 aromatic heterocycles. The van der Waals surface area contributed by atoms with Gasteiger partial charge < -0.3 is 10.2 Å². The topological polar surface area (TPSA) is 58.1 Å². The number of amides is 1. The normalized spacial score (nSPS) is 23.8. The first kappa shape index (κ1) is 13.1. The van der Waals surface area contributed by atoms with Crippen molar-refractivity contribution in [3.05, 3.63) is 17.8 Å². The van der Waals surface area contributed by atoms with E-state index in [0.29, 0.717) is 16.8 Å². The minimum Gasteiger partial charge on any atom is -0.372 e. The summed E-state index contributed by atoms with van der Waals surface area (Å²) in [5.41, 5.74) is 0.417. The van der Waals surface area contributed by atoms with E-state index < -0.39 is 0 Å². The highest BCUT2D eigenvalue weighted by atomic mass is 32.2. The number of hydrogen-bond acceptors (Lipinski definition) is 5. The summed E-state index contributed by atoms with van der Waals surface area (Å²) in [7, 11) is 1.77. The Morgan fingerprint density at radius 1 is 1.44 bits per heavy atom. The minimum atomic E-state index is -0.0233. The average molecular weight is 266 g/mol. The predicted octanol–water partition coefficient (Wildman–Crippen LogP) is 1.48. The van der Waals surface area contributed by atoms with Gasteiger partial charge in [0.1, 0.15) is 5.82 Å². The molecular formula is C12H18N4OS. The Hall–Kier alpha value is -1.30. The van der Waals surface area contributed by atoms with Gasteiger partial charge in [-0.15, -0.1) is 10.2 Å². The third-order valence-electron chi connectivity index (χ3n) is 3.28. The van der Waals surface area contributed by atoms with Crippen LogP contribution >= 0.6 is 11.8 Å². The van der Waals surface area contributed by atoms with Gasteiger partial charge in [-0.05, 0) is 19.1 Å². The highest BCUT2D eigenvalue weighted by Crippen LogP contribution is 2.25. The highest BCUT2D eigenvalue weighted by molar-refractivity contribution is 8.00. The summed E-state index contributed by atoms with van der Waals surface area (Å²) in [6, 6.07) is 3.73. The molecule has 0 aliphatic carbocycles. The molecule has 1 fully saturated rings. The van der Waals surface area contributed by atoms with E-state index in [1.165, 1.54) is 0 Å². The summed E-state index contributed by atoms with van der Waals surface area (Å²) in [5, 5.41) is 11.3. The van der Waals surface area contributed by atoms with Gasteiger partial charge in [0, 0.05) is 30.6 Å². The number of thioether (sulfide) groups is 1. The molecule has 2 heterocycles. The number of carbonyl (C=O) groups is 1. The number of anilines is 1. The summed E-state index contributed by atoms with van der Waals surface area (Å²) in [5.74, 6) is 1.63. The van der Waals surface area contributed by atoms with Crippen molar-refractivity contribution in [2.24, 2.45) is 0 Å². The quantitative estimate of drug-likeness (QED) is 0.878. The Morgan fingerprint density at radius 2 is 2.22 bits per heavy atom. The summed E-state index contributed by atoms with van der Waals surface area (Å²) in [6.07, 6.45) is 0. The largest absolute Gasteiger partial charge is 0.372 e. The number of nitrogens with zero attached hydrogens (tertiary/aromatic N) is 3. The smallest absolute Gasteiger partial charge is 0.274 e. The molecule has 0 bridgehead atoms. The number of carbonyl (C=O) groups excluding carboxylic acids is 1. The van der Waals surface area contributed by atoms with Crippen molar-refractivity contribution in [3.8, 4) is 0 Å². The van der Waals surface area contributed by atoms with Crippen LogP contribution in [0.15, 0.2) is 12.1 Å². The Kier molecular flexibility index (Phi) is 4.06. The zero-order valence-electron chi connectivity index (χ0n) is 10.9. The third-order valence-corrected chi connectivity index (χ3v) is 4.62. The van der Waals surface area contributed by atoms with Crippen LogP contribution in [0.3, 0.4) is 0 Å². The van der Waals surface area contributed by atoms with Crippen molar-refractivity contribution >= 4 is 23.5 Å². The second-order valence-electron chi connectivity index (χ2n) is 4.37. The molecule has 1 saturated heterocycles. The van der Waals surface area contributed by atoms with Crippen LogP contribution in [0.1, 0.15) is 24.3 Å². The van der Waals surface area contributed by atoms with Crippen LogP contribution < -0.4 is 5.32 Å². The first-order valence-electron chi connectivity index (χ1n) is 6.07. The molecular weight excluding hydrogens is 248 g/mol. The lowest BCUT2D eigenvalue weighted by molar-refractivity contribution is 0.0691. The molecule has 2 unspecified atom stereocenters. The molecule has 2 rings (SSSR count). The first-order valence-corrected chi connectivity index (χ1v) is 7.12. The summed E-state index contributed by atoms with van der Waals surface area (Å²) < 4.78 is 0. The number of rotatable bonds is 2. The third kappa shape index (κ3) is 2.58. The molecule has 0 aromatic carbocycles. The van der Waals surface area contributed by atoms with Crippen LogP contribution in [0.2, 0.25) is 0 Å². The van der Waals surface area contributed by atoms with E-state index in [4.69, 9.17) is 0 Å².